The Balaban J connectivity index is 5.20. The van der Waals surface area contributed by atoms with Gasteiger partial charge in [-0.25, -0.2) is 0 Å². The topological polar surface area (TPSA) is 205 Å². The van der Waals surface area contributed by atoms with Crippen LogP contribution in [0, 0.1) is 29.6 Å². The van der Waals surface area contributed by atoms with Crippen molar-refractivity contribution < 1.29 is 39.0 Å². The number of aliphatic hydroxyl groups is 1. The van der Waals surface area contributed by atoms with Gasteiger partial charge in [-0.05, 0) is 44.4 Å². The van der Waals surface area contributed by atoms with Gasteiger partial charge in [-0.2, -0.15) is 0 Å². The summed E-state index contributed by atoms with van der Waals surface area (Å²) in [6.07, 6.45) is -0.141. The second-order valence-electron chi connectivity index (χ2n) is 11.7. The van der Waals surface area contributed by atoms with E-state index >= 15 is 0 Å². The van der Waals surface area contributed by atoms with Gasteiger partial charge in [0.2, 0.25) is 23.6 Å². The number of primary amides is 1. The van der Waals surface area contributed by atoms with Gasteiger partial charge in [0.25, 0.3) is 0 Å². The summed E-state index contributed by atoms with van der Waals surface area (Å²) in [5.41, 5.74) is 5.27. The number of hydrogen-bond donors (Lipinski definition) is 6. The highest BCUT2D eigenvalue weighted by molar-refractivity contribution is 5.95. The van der Waals surface area contributed by atoms with Gasteiger partial charge in [0.15, 0.2) is 5.78 Å². The number of nitrogens with one attached hydrogen (secondary N) is 3. The van der Waals surface area contributed by atoms with E-state index in [9.17, 15) is 39.0 Å². The Labute approximate surface area is 237 Å². The molecule has 230 valence electrons. The number of carboxylic acids is 1. The smallest absolute Gasteiger partial charge is 0.304 e. The number of aliphatic hydroxyl groups excluding tert-OH is 1. The molecule has 0 saturated heterocycles. The first-order valence-corrected chi connectivity index (χ1v) is 14.1. The minimum atomic E-state index is -1.21. The lowest BCUT2D eigenvalue weighted by atomic mass is 9.91. The van der Waals surface area contributed by atoms with E-state index in [-0.39, 0.29) is 37.0 Å². The molecule has 0 aromatic heterocycles. The molecular weight excluding hydrogens is 520 g/mol. The van der Waals surface area contributed by atoms with Crippen LogP contribution in [0.5, 0.6) is 0 Å². The van der Waals surface area contributed by atoms with E-state index in [4.69, 9.17) is 5.73 Å². The van der Waals surface area contributed by atoms with Gasteiger partial charge >= 0.3 is 5.97 Å². The lowest BCUT2D eigenvalue weighted by molar-refractivity contribution is -0.142. The SMILES string of the molecule is CC(C)C[C@@H](CC(=O)O)C(=O)N[C@@H](CC(=O)NCCC[C@H](CC(C)C)C(=O)N[C@H](C(N)=O)[C@@H](C)O)C(=O)C(C)C. The average Bonchev–Trinajstić information content (AvgIpc) is 2.81. The number of amides is 4. The Kier molecular flexibility index (Phi) is 17.0. The third kappa shape index (κ3) is 14.9. The quantitative estimate of drug-likeness (QED) is 0.117. The molecule has 0 bridgehead atoms. The van der Waals surface area contributed by atoms with E-state index in [1.165, 1.54) is 6.92 Å². The Morgan fingerprint density at radius 3 is 1.75 bits per heavy atom. The zero-order valence-corrected chi connectivity index (χ0v) is 25.0. The molecule has 0 heterocycles. The second kappa shape index (κ2) is 18.4. The molecule has 7 N–H and O–H groups in total. The van der Waals surface area contributed by atoms with Crippen molar-refractivity contribution in [2.24, 2.45) is 35.3 Å². The third-order valence-corrected chi connectivity index (χ3v) is 6.43. The fourth-order valence-electron chi connectivity index (χ4n) is 4.44. The molecule has 0 radical (unpaired) electrons. The van der Waals surface area contributed by atoms with Crippen molar-refractivity contribution >= 4 is 35.4 Å². The number of nitrogens with two attached hydrogens (primary N) is 1. The Morgan fingerprint density at radius 1 is 0.775 bits per heavy atom. The van der Waals surface area contributed by atoms with E-state index in [0.717, 1.165) is 0 Å². The fourth-order valence-corrected chi connectivity index (χ4v) is 4.44. The molecule has 0 aliphatic carbocycles. The predicted molar refractivity (Wildman–Crippen MR) is 150 cm³/mol. The fraction of sp³-hybridized carbons (Fsp3) is 0.786. The zero-order chi connectivity index (χ0) is 31.2. The van der Waals surface area contributed by atoms with Crippen molar-refractivity contribution in [2.75, 3.05) is 6.54 Å². The maximum atomic E-state index is 12.8. The van der Waals surface area contributed by atoms with E-state index in [1.807, 2.05) is 27.7 Å². The first-order chi connectivity index (χ1) is 18.5. The lowest BCUT2D eigenvalue weighted by Crippen LogP contribution is -2.52. The zero-order valence-electron chi connectivity index (χ0n) is 25.0. The van der Waals surface area contributed by atoms with Crippen molar-refractivity contribution in [3.8, 4) is 0 Å². The number of carbonyl (C=O) groups is 6. The lowest BCUT2D eigenvalue weighted by Gasteiger charge is -2.24. The first kappa shape index (κ1) is 37.0. The molecule has 0 saturated carbocycles. The van der Waals surface area contributed by atoms with Crippen LogP contribution >= 0.6 is 0 Å². The summed E-state index contributed by atoms with van der Waals surface area (Å²) >= 11 is 0. The van der Waals surface area contributed by atoms with Gasteiger partial charge in [0, 0.05) is 24.3 Å². The highest BCUT2D eigenvalue weighted by Gasteiger charge is 2.31. The third-order valence-electron chi connectivity index (χ3n) is 6.43. The molecule has 4 amide bonds. The number of Topliss-reactive ketones (excluding diaryl/α,β-unsaturated/α-hetero) is 1. The molecule has 0 aliphatic rings. The Morgan fingerprint density at radius 2 is 1.30 bits per heavy atom. The summed E-state index contributed by atoms with van der Waals surface area (Å²) in [7, 11) is 0. The van der Waals surface area contributed by atoms with Gasteiger partial charge < -0.3 is 31.9 Å². The number of rotatable bonds is 20. The molecule has 40 heavy (non-hydrogen) atoms. The molecule has 0 aliphatic heterocycles. The highest BCUT2D eigenvalue weighted by atomic mass is 16.4. The highest BCUT2D eigenvalue weighted by Crippen LogP contribution is 2.19. The first-order valence-electron chi connectivity index (χ1n) is 14.1. The van der Waals surface area contributed by atoms with Crippen LogP contribution in [0.15, 0.2) is 0 Å². The van der Waals surface area contributed by atoms with Gasteiger partial charge in [0.05, 0.1) is 25.0 Å². The van der Waals surface area contributed by atoms with Crippen LogP contribution in [-0.2, 0) is 28.8 Å². The predicted octanol–water partition coefficient (Wildman–Crippen LogP) is 1.13. The van der Waals surface area contributed by atoms with Crippen molar-refractivity contribution in [1.82, 2.24) is 16.0 Å². The van der Waals surface area contributed by atoms with Crippen LogP contribution in [0.3, 0.4) is 0 Å². The summed E-state index contributed by atoms with van der Waals surface area (Å²) in [6, 6.07) is -2.30. The van der Waals surface area contributed by atoms with Crippen LogP contribution in [0.1, 0.15) is 87.0 Å². The van der Waals surface area contributed by atoms with Crippen LogP contribution in [-0.4, -0.2) is 70.3 Å². The van der Waals surface area contributed by atoms with Gasteiger partial charge in [0.1, 0.15) is 6.04 Å². The van der Waals surface area contributed by atoms with Gasteiger partial charge in [-0.3, -0.25) is 28.8 Å². The minimum absolute atomic E-state index is 0.0629. The van der Waals surface area contributed by atoms with Crippen molar-refractivity contribution in [2.45, 2.75) is 105 Å². The summed E-state index contributed by atoms with van der Waals surface area (Å²) in [6.45, 7) is 12.5. The van der Waals surface area contributed by atoms with Crippen molar-refractivity contribution in [3.63, 3.8) is 0 Å². The summed E-state index contributed by atoms with van der Waals surface area (Å²) < 4.78 is 0. The number of carboxylic acid groups (broad SMARTS) is 1. The van der Waals surface area contributed by atoms with Crippen LogP contribution in [0.25, 0.3) is 0 Å². The molecule has 0 spiro atoms. The summed E-state index contributed by atoms with van der Waals surface area (Å²) in [5.74, 6) is -5.26. The molecule has 12 nitrogen and oxygen atoms in total. The molecule has 0 rings (SSSR count). The molecule has 0 aromatic carbocycles. The number of ketones is 1. The largest absolute Gasteiger partial charge is 0.481 e. The maximum Gasteiger partial charge on any atom is 0.304 e. The number of aliphatic carboxylic acids is 1. The Hall–Kier alpha value is -3.02. The minimum Gasteiger partial charge on any atom is -0.481 e. The summed E-state index contributed by atoms with van der Waals surface area (Å²) in [4.78, 5) is 73.8. The standard InChI is InChI=1S/C28H50N4O8/c1-15(2)11-19(27(39)32-24(18(7)33)26(29)38)9-8-10-30-22(34)14-21(25(37)17(5)6)31-28(40)20(12-16(3)4)13-23(35)36/h15-21,24,33H,8-14H2,1-7H3,(H2,29,38)(H,30,34)(H,31,40)(H,32,39)(H,35,36)/t18-,19-,20+,21+,24+/m1/s1. The van der Waals surface area contributed by atoms with Crippen LogP contribution in [0.2, 0.25) is 0 Å². The van der Waals surface area contributed by atoms with Gasteiger partial charge in [-0.1, -0.05) is 41.5 Å². The van der Waals surface area contributed by atoms with Crippen molar-refractivity contribution in [1.29, 1.82) is 0 Å². The molecule has 0 aromatic rings. The molecule has 0 fully saturated rings. The second-order valence-corrected chi connectivity index (χ2v) is 11.7. The molecule has 12 heteroatoms. The number of carbonyl (C=O) groups excluding carboxylic acids is 5. The van der Waals surface area contributed by atoms with E-state index < -0.39 is 65.5 Å². The molecule has 5 atom stereocenters. The normalized spacial score (nSPS) is 15.2. The van der Waals surface area contributed by atoms with Crippen molar-refractivity contribution in [3.05, 3.63) is 0 Å². The van der Waals surface area contributed by atoms with Gasteiger partial charge in [-0.15, -0.1) is 0 Å². The summed E-state index contributed by atoms with van der Waals surface area (Å²) in [5, 5.41) is 26.7. The monoisotopic (exact) mass is 570 g/mol. The molecule has 0 unspecified atom stereocenters. The van der Waals surface area contributed by atoms with E-state index in [0.29, 0.717) is 25.7 Å². The van der Waals surface area contributed by atoms with E-state index in [1.54, 1.807) is 13.8 Å². The van der Waals surface area contributed by atoms with Crippen LogP contribution in [0.4, 0.5) is 0 Å². The average molecular weight is 571 g/mol. The Bertz CT molecular complexity index is 872. The maximum absolute atomic E-state index is 12.8. The van der Waals surface area contributed by atoms with E-state index in [2.05, 4.69) is 16.0 Å². The number of hydrogen-bond acceptors (Lipinski definition) is 7. The molecular formula is C28H50N4O8. The van der Waals surface area contributed by atoms with Crippen LogP contribution < -0.4 is 21.7 Å².